The van der Waals surface area contributed by atoms with Crippen LogP contribution in [0, 0.1) is 0 Å². The van der Waals surface area contributed by atoms with Crippen LogP contribution in [0.25, 0.3) is 0 Å². The van der Waals surface area contributed by atoms with Crippen LogP contribution in [0.4, 0.5) is 5.69 Å². The van der Waals surface area contributed by atoms with E-state index in [2.05, 4.69) is 0 Å². The fourth-order valence-electron chi connectivity index (χ4n) is 1.59. The average Bonchev–Trinajstić information content (AvgIpc) is 2.73. The Hall–Kier alpha value is -1.84. The van der Waals surface area contributed by atoms with Crippen molar-refractivity contribution in [1.29, 1.82) is 0 Å². The van der Waals surface area contributed by atoms with Crippen molar-refractivity contribution < 1.29 is 14.3 Å². The number of hydrogen-bond acceptors (Lipinski definition) is 3. The molecule has 0 radical (unpaired) electrons. The molecule has 1 aromatic rings. The van der Waals surface area contributed by atoms with Crippen LogP contribution in [0.3, 0.4) is 0 Å². The minimum Gasteiger partial charge on any atom is -0.493 e. The van der Waals surface area contributed by atoms with Gasteiger partial charge in [-0.15, -0.1) is 0 Å². The molecule has 2 rings (SSSR count). The maximum absolute atomic E-state index is 11.1. The molecular formula is C11H11NO3. The molecular weight excluding hydrogens is 194 g/mol. The third kappa shape index (κ3) is 1.70. The summed E-state index contributed by atoms with van der Waals surface area (Å²) in [5.41, 5.74) is 1.80. The molecule has 1 aliphatic heterocycles. The Morgan fingerprint density at radius 3 is 3.07 bits per heavy atom. The lowest BCUT2D eigenvalue weighted by molar-refractivity contribution is -0.129. The molecule has 78 valence electrons. The Kier molecular flexibility index (Phi) is 2.41. The lowest BCUT2D eigenvalue weighted by Gasteiger charge is -2.14. The molecule has 4 heteroatoms. The van der Waals surface area contributed by atoms with Gasteiger partial charge in [-0.1, -0.05) is 0 Å². The fourth-order valence-corrected chi connectivity index (χ4v) is 1.59. The summed E-state index contributed by atoms with van der Waals surface area (Å²) in [6, 6.07) is 5.47. The second kappa shape index (κ2) is 3.73. The lowest BCUT2D eigenvalue weighted by atomic mass is 10.1. The van der Waals surface area contributed by atoms with Gasteiger partial charge in [-0.25, -0.2) is 0 Å². The van der Waals surface area contributed by atoms with Crippen LogP contribution < -0.4 is 9.64 Å². The van der Waals surface area contributed by atoms with Gasteiger partial charge in [0.15, 0.2) is 0 Å². The molecule has 4 nitrogen and oxygen atoms in total. The Morgan fingerprint density at radius 1 is 1.53 bits per heavy atom. The molecule has 1 amide bonds. The molecule has 1 aromatic carbocycles. The van der Waals surface area contributed by atoms with Crippen molar-refractivity contribution in [2.24, 2.45) is 0 Å². The molecule has 0 saturated carbocycles. The minimum atomic E-state index is -0.547. The second-order valence-corrected chi connectivity index (χ2v) is 3.41. The average molecular weight is 205 g/mol. The van der Waals surface area contributed by atoms with Gasteiger partial charge in [-0.3, -0.25) is 9.59 Å². The first-order chi connectivity index (χ1) is 7.22. The molecule has 0 unspecified atom stereocenters. The number of benzene rings is 1. The van der Waals surface area contributed by atoms with Gasteiger partial charge < -0.3 is 9.64 Å². The summed E-state index contributed by atoms with van der Waals surface area (Å²) in [5, 5.41) is 0. The standard InChI is InChI=1S/C11H11NO3/c1-12(11(14)7-13)9-2-3-10-8(6-9)4-5-15-10/h2-3,6-7H,4-5H2,1H3. The maximum Gasteiger partial charge on any atom is 0.290 e. The summed E-state index contributed by atoms with van der Waals surface area (Å²) in [6.45, 7) is 0.685. The Morgan fingerprint density at radius 2 is 2.33 bits per heavy atom. The number of ether oxygens (including phenoxy) is 1. The number of carbonyl (C=O) groups excluding carboxylic acids is 2. The number of nitrogens with zero attached hydrogens (tertiary/aromatic N) is 1. The predicted octanol–water partition coefficient (Wildman–Crippen LogP) is 0.783. The number of carbonyl (C=O) groups is 2. The lowest BCUT2D eigenvalue weighted by Crippen LogP contribution is -2.26. The molecule has 0 N–H and O–H groups in total. The van der Waals surface area contributed by atoms with Crippen LogP contribution in [0.1, 0.15) is 5.56 Å². The summed E-state index contributed by atoms with van der Waals surface area (Å²) in [6.07, 6.45) is 1.16. The van der Waals surface area contributed by atoms with Gasteiger partial charge in [-0.05, 0) is 23.8 Å². The summed E-state index contributed by atoms with van der Waals surface area (Å²) >= 11 is 0. The molecule has 0 aliphatic carbocycles. The SMILES string of the molecule is CN(C(=O)C=O)c1ccc2c(c1)CCO2. The van der Waals surface area contributed by atoms with Gasteiger partial charge in [0.1, 0.15) is 5.75 Å². The maximum atomic E-state index is 11.1. The number of hydrogen-bond donors (Lipinski definition) is 0. The molecule has 1 heterocycles. The highest BCUT2D eigenvalue weighted by molar-refractivity contribution is 6.30. The Balaban J connectivity index is 2.30. The first-order valence-corrected chi connectivity index (χ1v) is 4.71. The molecule has 0 bridgehead atoms. The zero-order valence-electron chi connectivity index (χ0n) is 8.40. The van der Waals surface area contributed by atoms with Gasteiger partial charge in [0.25, 0.3) is 5.91 Å². The second-order valence-electron chi connectivity index (χ2n) is 3.41. The van der Waals surface area contributed by atoms with E-state index in [-0.39, 0.29) is 0 Å². The zero-order chi connectivity index (χ0) is 10.8. The van der Waals surface area contributed by atoms with Gasteiger partial charge >= 0.3 is 0 Å². The summed E-state index contributed by atoms with van der Waals surface area (Å²) in [5.74, 6) is 0.319. The van der Waals surface area contributed by atoms with Crippen molar-refractivity contribution in [1.82, 2.24) is 0 Å². The normalized spacial score (nSPS) is 12.9. The van der Waals surface area contributed by atoms with E-state index in [4.69, 9.17) is 4.74 Å². The van der Waals surface area contributed by atoms with Crippen LogP contribution in [0.5, 0.6) is 5.75 Å². The largest absolute Gasteiger partial charge is 0.493 e. The smallest absolute Gasteiger partial charge is 0.290 e. The van der Waals surface area contributed by atoms with Crippen molar-refractivity contribution >= 4 is 17.9 Å². The van der Waals surface area contributed by atoms with Gasteiger partial charge in [-0.2, -0.15) is 0 Å². The summed E-state index contributed by atoms with van der Waals surface area (Å²) in [7, 11) is 1.58. The molecule has 0 aromatic heterocycles. The molecule has 0 fully saturated rings. The number of rotatable bonds is 2. The monoisotopic (exact) mass is 205 g/mol. The third-order valence-corrected chi connectivity index (χ3v) is 2.49. The minimum absolute atomic E-state index is 0.309. The Bertz CT molecular complexity index is 414. The molecule has 1 aliphatic rings. The van der Waals surface area contributed by atoms with E-state index in [1.807, 2.05) is 12.1 Å². The van der Waals surface area contributed by atoms with Crippen LogP contribution in [0.15, 0.2) is 18.2 Å². The fraction of sp³-hybridized carbons (Fsp3) is 0.273. The topological polar surface area (TPSA) is 46.6 Å². The first kappa shape index (κ1) is 9.71. The quantitative estimate of drug-likeness (QED) is 0.529. The van der Waals surface area contributed by atoms with E-state index < -0.39 is 5.91 Å². The van der Waals surface area contributed by atoms with E-state index in [1.165, 1.54) is 4.90 Å². The van der Waals surface area contributed by atoms with Gasteiger partial charge in [0, 0.05) is 19.2 Å². The molecule has 15 heavy (non-hydrogen) atoms. The van der Waals surface area contributed by atoms with E-state index in [0.29, 0.717) is 12.9 Å². The number of anilines is 1. The summed E-state index contributed by atoms with van der Waals surface area (Å²) < 4.78 is 5.35. The molecule has 0 atom stereocenters. The predicted molar refractivity (Wildman–Crippen MR) is 55.1 cm³/mol. The zero-order valence-corrected chi connectivity index (χ0v) is 8.40. The van der Waals surface area contributed by atoms with Crippen molar-refractivity contribution in [3.63, 3.8) is 0 Å². The van der Waals surface area contributed by atoms with Crippen LogP contribution in [-0.2, 0) is 16.0 Å². The van der Waals surface area contributed by atoms with Gasteiger partial charge in [0.05, 0.1) is 6.61 Å². The van der Waals surface area contributed by atoms with Crippen LogP contribution in [-0.4, -0.2) is 25.8 Å². The van der Waals surface area contributed by atoms with Crippen molar-refractivity contribution in [2.75, 3.05) is 18.6 Å². The highest BCUT2D eigenvalue weighted by Gasteiger charge is 2.15. The van der Waals surface area contributed by atoms with E-state index in [1.54, 1.807) is 13.1 Å². The van der Waals surface area contributed by atoms with Crippen molar-refractivity contribution in [2.45, 2.75) is 6.42 Å². The number of fused-ring (bicyclic) bond motifs is 1. The number of likely N-dealkylation sites (N-methyl/N-ethyl adjacent to an activating group) is 1. The van der Waals surface area contributed by atoms with Crippen LogP contribution >= 0.6 is 0 Å². The first-order valence-electron chi connectivity index (χ1n) is 4.71. The van der Waals surface area contributed by atoms with E-state index in [0.717, 1.165) is 23.4 Å². The third-order valence-electron chi connectivity index (χ3n) is 2.49. The highest BCUT2D eigenvalue weighted by atomic mass is 16.5. The number of aldehydes is 1. The number of amides is 1. The molecule has 0 saturated heterocycles. The highest BCUT2D eigenvalue weighted by Crippen LogP contribution is 2.28. The summed E-state index contributed by atoms with van der Waals surface area (Å²) in [4.78, 5) is 22.8. The molecule has 0 spiro atoms. The van der Waals surface area contributed by atoms with E-state index in [9.17, 15) is 9.59 Å². The van der Waals surface area contributed by atoms with Gasteiger partial charge in [0.2, 0.25) is 6.29 Å². The van der Waals surface area contributed by atoms with Crippen molar-refractivity contribution in [3.05, 3.63) is 23.8 Å². The Labute approximate surface area is 87.4 Å². The van der Waals surface area contributed by atoms with E-state index >= 15 is 0 Å². The van der Waals surface area contributed by atoms with Crippen molar-refractivity contribution in [3.8, 4) is 5.75 Å². The van der Waals surface area contributed by atoms with Crippen LogP contribution in [0.2, 0.25) is 0 Å².